The number of aromatic nitrogens is 2. The molecule has 0 unspecified atom stereocenters. The molecular weight excluding hydrogens is 252 g/mol. The molecule has 0 spiro atoms. The van der Waals surface area contributed by atoms with Crippen LogP contribution in [0, 0.1) is 0 Å². The Bertz CT molecular complexity index is 571. The summed E-state index contributed by atoms with van der Waals surface area (Å²) in [6, 6.07) is 5.63. The maximum Gasteiger partial charge on any atom is 0.257 e. The number of anilines is 1. The zero-order chi connectivity index (χ0) is 14.4. The molecule has 0 bridgehead atoms. The van der Waals surface area contributed by atoms with E-state index in [0.717, 1.165) is 17.8 Å². The molecule has 0 saturated heterocycles. The molecule has 104 valence electrons. The van der Waals surface area contributed by atoms with Crippen molar-refractivity contribution in [1.82, 2.24) is 14.9 Å². The van der Waals surface area contributed by atoms with Crippen LogP contribution in [0.1, 0.15) is 22.8 Å². The Kier molecular flexibility index (Phi) is 4.65. The minimum absolute atomic E-state index is 0.0575. The van der Waals surface area contributed by atoms with E-state index >= 15 is 0 Å². The van der Waals surface area contributed by atoms with E-state index in [1.54, 1.807) is 36.7 Å². The van der Waals surface area contributed by atoms with Crippen molar-refractivity contribution in [3.8, 4) is 0 Å². The van der Waals surface area contributed by atoms with Crippen molar-refractivity contribution in [1.29, 1.82) is 0 Å². The van der Waals surface area contributed by atoms with Crippen LogP contribution in [-0.2, 0) is 6.54 Å². The summed E-state index contributed by atoms with van der Waals surface area (Å²) in [6.07, 6.45) is 6.75. The molecule has 0 radical (unpaired) electrons. The van der Waals surface area contributed by atoms with Crippen molar-refractivity contribution in [3.63, 3.8) is 0 Å². The van der Waals surface area contributed by atoms with Gasteiger partial charge in [0.15, 0.2) is 0 Å². The minimum Gasteiger partial charge on any atom is -0.385 e. The Labute approximate surface area is 118 Å². The van der Waals surface area contributed by atoms with Gasteiger partial charge in [0.2, 0.25) is 0 Å². The molecule has 0 saturated carbocycles. The first-order chi connectivity index (χ1) is 9.72. The van der Waals surface area contributed by atoms with E-state index in [0.29, 0.717) is 12.1 Å². The van der Waals surface area contributed by atoms with Crippen molar-refractivity contribution in [2.45, 2.75) is 13.5 Å². The number of hydrogen-bond donors (Lipinski definition) is 1. The first-order valence-corrected chi connectivity index (χ1v) is 6.54. The normalized spacial score (nSPS) is 10.1. The fourth-order valence-electron chi connectivity index (χ4n) is 1.95. The smallest absolute Gasteiger partial charge is 0.257 e. The van der Waals surface area contributed by atoms with Crippen LogP contribution in [0.25, 0.3) is 0 Å². The number of pyridine rings is 2. The van der Waals surface area contributed by atoms with Gasteiger partial charge in [0, 0.05) is 44.9 Å². The quantitative estimate of drug-likeness (QED) is 0.904. The highest BCUT2D eigenvalue weighted by molar-refractivity contribution is 5.99. The lowest BCUT2D eigenvalue weighted by Crippen LogP contribution is -2.27. The Morgan fingerprint density at radius 3 is 2.75 bits per heavy atom. The number of carbonyl (C=O) groups is 1. The number of rotatable bonds is 5. The summed E-state index contributed by atoms with van der Waals surface area (Å²) in [5.41, 5.74) is 2.39. The maximum absolute atomic E-state index is 12.5. The molecule has 0 aliphatic rings. The second kappa shape index (κ2) is 6.65. The van der Waals surface area contributed by atoms with Crippen LogP contribution in [0.5, 0.6) is 0 Å². The third kappa shape index (κ3) is 3.32. The van der Waals surface area contributed by atoms with E-state index in [9.17, 15) is 4.79 Å². The minimum atomic E-state index is -0.0575. The first kappa shape index (κ1) is 14.0. The standard InChI is InChI=1S/C15H18N4O/c1-3-18-14-6-8-17-10-13(14)15(20)19(2)11-12-5-4-7-16-9-12/h4-10H,3,11H2,1-2H3,(H,17,18). The van der Waals surface area contributed by atoms with Crippen molar-refractivity contribution in [3.05, 3.63) is 54.1 Å². The molecule has 2 aromatic rings. The third-order valence-corrected chi connectivity index (χ3v) is 2.91. The Morgan fingerprint density at radius 2 is 2.05 bits per heavy atom. The Hall–Kier alpha value is -2.43. The predicted molar refractivity (Wildman–Crippen MR) is 78.4 cm³/mol. The van der Waals surface area contributed by atoms with Crippen LogP contribution < -0.4 is 5.32 Å². The molecule has 0 aromatic carbocycles. The summed E-state index contributed by atoms with van der Waals surface area (Å²) in [5.74, 6) is -0.0575. The van der Waals surface area contributed by atoms with Crippen molar-refractivity contribution in [2.24, 2.45) is 0 Å². The molecule has 0 atom stereocenters. The van der Waals surface area contributed by atoms with Crippen LogP contribution in [0.3, 0.4) is 0 Å². The lowest BCUT2D eigenvalue weighted by molar-refractivity contribution is 0.0785. The van der Waals surface area contributed by atoms with Gasteiger partial charge in [0.1, 0.15) is 0 Å². The lowest BCUT2D eigenvalue weighted by atomic mass is 10.2. The molecule has 2 aromatic heterocycles. The lowest BCUT2D eigenvalue weighted by Gasteiger charge is -2.19. The largest absolute Gasteiger partial charge is 0.385 e. The van der Waals surface area contributed by atoms with Gasteiger partial charge in [-0.25, -0.2) is 0 Å². The van der Waals surface area contributed by atoms with Gasteiger partial charge < -0.3 is 10.2 Å². The molecular formula is C15H18N4O. The number of carbonyl (C=O) groups excluding carboxylic acids is 1. The molecule has 5 heteroatoms. The number of nitrogens with one attached hydrogen (secondary N) is 1. The van der Waals surface area contributed by atoms with Gasteiger partial charge in [-0.3, -0.25) is 14.8 Å². The zero-order valence-corrected chi connectivity index (χ0v) is 11.7. The highest BCUT2D eigenvalue weighted by Crippen LogP contribution is 2.16. The van der Waals surface area contributed by atoms with Gasteiger partial charge in [-0.15, -0.1) is 0 Å². The predicted octanol–water partition coefficient (Wildman–Crippen LogP) is 2.18. The van der Waals surface area contributed by atoms with E-state index in [-0.39, 0.29) is 5.91 Å². The van der Waals surface area contributed by atoms with Gasteiger partial charge in [-0.05, 0) is 24.6 Å². The summed E-state index contributed by atoms with van der Waals surface area (Å²) in [6.45, 7) is 3.28. The maximum atomic E-state index is 12.5. The van der Waals surface area contributed by atoms with Crippen molar-refractivity contribution < 1.29 is 4.79 Å². The molecule has 0 aliphatic carbocycles. The van der Waals surface area contributed by atoms with Gasteiger partial charge in [-0.2, -0.15) is 0 Å². The third-order valence-electron chi connectivity index (χ3n) is 2.91. The average Bonchev–Trinajstić information content (AvgIpc) is 2.48. The van der Waals surface area contributed by atoms with E-state index in [2.05, 4.69) is 15.3 Å². The molecule has 0 aliphatic heterocycles. The fourth-order valence-corrected chi connectivity index (χ4v) is 1.95. The van der Waals surface area contributed by atoms with E-state index in [1.807, 2.05) is 25.1 Å². The second-order valence-electron chi connectivity index (χ2n) is 4.47. The van der Waals surface area contributed by atoms with E-state index in [4.69, 9.17) is 0 Å². The molecule has 1 amide bonds. The highest BCUT2D eigenvalue weighted by Gasteiger charge is 2.16. The summed E-state index contributed by atoms with van der Waals surface area (Å²) in [5, 5.41) is 3.18. The van der Waals surface area contributed by atoms with Crippen molar-refractivity contribution >= 4 is 11.6 Å². The molecule has 20 heavy (non-hydrogen) atoms. The second-order valence-corrected chi connectivity index (χ2v) is 4.47. The van der Waals surface area contributed by atoms with Gasteiger partial charge in [-0.1, -0.05) is 6.07 Å². The van der Waals surface area contributed by atoms with Gasteiger partial charge in [0.25, 0.3) is 5.91 Å². The SMILES string of the molecule is CCNc1ccncc1C(=O)N(C)Cc1cccnc1. The van der Waals surface area contributed by atoms with Crippen LogP contribution in [0.15, 0.2) is 43.0 Å². The molecule has 0 fully saturated rings. The fraction of sp³-hybridized carbons (Fsp3) is 0.267. The van der Waals surface area contributed by atoms with Gasteiger partial charge >= 0.3 is 0 Å². The molecule has 2 rings (SSSR count). The topological polar surface area (TPSA) is 58.1 Å². The highest BCUT2D eigenvalue weighted by atomic mass is 16.2. The molecule has 1 N–H and O–H groups in total. The number of amides is 1. The summed E-state index contributed by atoms with van der Waals surface area (Å²) in [4.78, 5) is 22.2. The molecule has 5 nitrogen and oxygen atoms in total. The Balaban J connectivity index is 2.14. The van der Waals surface area contributed by atoms with Crippen LogP contribution in [0.2, 0.25) is 0 Å². The summed E-state index contributed by atoms with van der Waals surface area (Å²) >= 11 is 0. The number of hydrogen-bond acceptors (Lipinski definition) is 4. The van der Waals surface area contributed by atoms with Crippen LogP contribution in [-0.4, -0.2) is 34.4 Å². The molecule has 2 heterocycles. The average molecular weight is 270 g/mol. The first-order valence-electron chi connectivity index (χ1n) is 6.54. The zero-order valence-electron chi connectivity index (χ0n) is 11.7. The van der Waals surface area contributed by atoms with E-state index in [1.165, 1.54) is 0 Å². The van der Waals surface area contributed by atoms with Crippen LogP contribution >= 0.6 is 0 Å². The van der Waals surface area contributed by atoms with Crippen LogP contribution in [0.4, 0.5) is 5.69 Å². The monoisotopic (exact) mass is 270 g/mol. The summed E-state index contributed by atoms with van der Waals surface area (Å²) in [7, 11) is 1.78. The number of nitrogens with zero attached hydrogens (tertiary/aromatic N) is 3. The van der Waals surface area contributed by atoms with E-state index < -0.39 is 0 Å². The van der Waals surface area contributed by atoms with Crippen molar-refractivity contribution in [2.75, 3.05) is 18.9 Å². The van der Waals surface area contributed by atoms with Gasteiger partial charge in [0.05, 0.1) is 11.3 Å². The Morgan fingerprint density at radius 1 is 1.25 bits per heavy atom. The summed E-state index contributed by atoms with van der Waals surface area (Å²) < 4.78 is 0.